The lowest BCUT2D eigenvalue weighted by atomic mass is 9.97. The van der Waals surface area contributed by atoms with Crippen LogP contribution in [0.25, 0.3) is 11.1 Å². The third-order valence-electron chi connectivity index (χ3n) is 5.42. The summed E-state index contributed by atoms with van der Waals surface area (Å²) >= 11 is 0. The van der Waals surface area contributed by atoms with Crippen LogP contribution in [0.15, 0.2) is 48.5 Å². The van der Waals surface area contributed by atoms with E-state index in [-0.39, 0.29) is 18.6 Å². The van der Waals surface area contributed by atoms with Crippen molar-refractivity contribution in [1.29, 1.82) is 0 Å². The third kappa shape index (κ3) is 2.94. The molecule has 134 valence electrons. The van der Waals surface area contributed by atoms with Crippen molar-refractivity contribution in [2.45, 2.75) is 18.8 Å². The molecule has 2 aromatic rings. The molecule has 1 aliphatic carbocycles. The van der Waals surface area contributed by atoms with Crippen molar-refractivity contribution < 1.29 is 19.4 Å². The predicted octanol–water partition coefficient (Wildman–Crippen LogP) is 2.40. The molecule has 0 aromatic heterocycles. The van der Waals surface area contributed by atoms with E-state index < -0.39 is 11.9 Å². The van der Waals surface area contributed by atoms with Gasteiger partial charge in [-0.2, -0.15) is 0 Å². The third-order valence-corrected chi connectivity index (χ3v) is 5.42. The monoisotopic (exact) mass is 350 g/mol. The number of piperidine rings is 1. The van der Waals surface area contributed by atoms with E-state index in [0.717, 1.165) is 0 Å². The molecule has 5 nitrogen and oxygen atoms in total. The normalized spacial score (nSPS) is 16.8. The number of benzene rings is 2. The molecule has 1 saturated heterocycles. The Balaban J connectivity index is 1.44. The summed E-state index contributed by atoms with van der Waals surface area (Å²) in [5.74, 6) is -1.46. The van der Waals surface area contributed by atoms with Gasteiger partial charge in [0, 0.05) is 30.9 Å². The quantitative estimate of drug-likeness (QED) is 0.852. The molecule has 1 heterocycles. The molecule has 2 aromatic carbocycles. The van der Waals surface area contributed by atoms with Gasteiger partial charge in [0.25, 0.3) is 0 Å². The fourth-order valence-electron chi connectivity index (χ4n) is 3.98. The van der Waals surface area contributed by atoms with E-state index in [1.807, 2.05) is 24.3 Å². The van der Waals surface area contributed by atoms with Crippen molar-refractivity contribution in [3.63, 3.8) is 0 Å². The minimum Gasteiger partial charge on any atom is -0.550 e. The number of rotatable bonds is 3. The number of carbonyl (C=O) groups is 2. The second-order valence-corrected chi connectivity index (χ2v) is 6.88. The number of aliphatic carboxylic acids is 1. The molecular weight excluding hydrogens is 330 g/mol. The lowest BCUT2D eigenvalue weighted by molar-refractivity contribution is -0.312. The van der Waals surface area contributed by atoms with Crippen LogP contribution in [0.3, 0.4) is 0 Å². The molecule has 0 bridgehead atoms. The van der Waals surface area contributed by atoms with Gasteiger partial charge in [0.2, 0.25) is 0 Å². The minimum absolute atomic E-state index is 0.0344. The summed E-state index contributed by atoms with van der Waals surface area (Å²) in [7, 11) is 0. The molecule has 0 saturated carbocycles. The van der Waals surface area contributed by atoms with Crippen molar-refractivity contribution >= 4 is 12.1 Å². The summed E-state index contributed by atoms with van der Waals surface area (Å²) in [6, 6.07) is 16.4. The fraction of sp³-hybridized carbons (Fsp3) is 0.333. The first-order valence-corrected chi connectivity index (χ1v) is 8.96. The second kappa shape index (κ2) is 6.83. The highest BCUT2D eigenvalue weighted by Gasteiger charge is 2.30. The van der Waals surface area contributed by atoms with E-state index in [0.29, 0.717) is 25.9 Å². The molecule has 1 fully saturated rings. The zero-order valence-electron chi connectivity index (χ0n) is 14.4. The zero-order chi connectivity index (χ0) is 18.1. The van der Waals surface area contributed by atoms with Gasteiger partial charge in [-0.25, -0.2) is 4.79 Å². The number of hydrogen-bond donors (Lipinski definition) is 0. The topological polar surface area (TPSA) is 69.7 Å². The minimum atomic E-state index is -1.03. The Bertz CT molecular complexity index is 794. The van der Waals surface area contributed by atoms with Crippen molar-refractivity contribution in [3.05, 3.63) is 59.7 Å². The molecule has 26 heavy (non-hydrogen) atoms. The molecule has 4 rings (SSSR count). The van der Waals surface area contributed by atoms with Gasteiger partial charge in [0.05, 0.1) is 0 Å². The van der Waals surface area contributed by atoms with Crippen LogP contribution in [0.5, 0.6) is 0 Å². The van der Waals surface area contributed by atoms with Gasteiger partial charge in [0.1, 0.15) is 6.61 Å². The Hall–Kier alpha value is -2.82. The molecule has 0 spiro atoms. The molecule has 0 radical (unpaired) electrons. The fourth-order valence-corrected chi connectivity index (χ4v) is 3.98. The van der Waals surface area contributed by atoms with Crippen LogP contribution in [-0.2, 0) is 9.53 Å². The molecule has 1 aliphatic heterocycles. The number of likely N-dealkylation sites (tertiary alicyclic amines) is 1. The first-order valence-electron chi connectivity index (χ1n) is 8.96. The Morgan fingerprint density at radius 3 is 2.04 bits per heavy atom. The largest absolute Gasteiger partial charge is 0.550 e. The Morgan fingerprint density at radius 1 is 0.962 bits per heavy atom. The summed E-state index contributed by atoms with van der Waals surface area (Å²) in [5, 5.41) is 10.9. The van der Waals surface area contributed by atoms with Gasteiger partial charge in [-0.1, -0.05) is 48.5 Å². The molecule has 0 unspecified atom stereocenters. The average molecular weight is 350 g/mol. The highest BCUT2D eigenvalue weighted by Crippen LogP contribution is 2.44. The smallest absolute Gasteiger partial charge is 0.409 e. The number of carboxylic acids is 1. The Morgan fingerprint density at radius 2 is 1.50 bits per heavy atom. The first-order chi connectivity index (χ1) is 12.6. The Kier molecular flexibility index (Phi) is 4.37. The molecular formula is C21H20NO4-. The number of hydrogen-bond acceptors (Lipinski definition) is 4. The number of carbonyl (C=O) groups excluding carboxylic acids is 2. The lowest BCUT2D eigenvalue weighted by Gasteiger charge is -2.32. The van der Waals surface area contributed by atoms with Gasteiger partial charge in [-0.15, -0.1) is 0 Å². The molecule has 0 atom stereocenters. The van der Waals surface area contributed by atoms with Crippen LogP contribution in [0.4, 0.5) is 4.79 Å². The van der Waals surface area contributed by atoms with E-state index in [9.17, 15) is 14.7 Å². The van der Waals surface area contributed by atoms with E-state index >= 15 is 0 Å². The van der Waals surface area contributed by atoms with Crippen LogP contribution in [0.2, 0.25) is 0 Å². The molecule has 5 heteroatoms. The number of ether oxygens (including phenoxy) is 1. The number of amides is 1. The molecule has 0 N–H and O–H groups in total. The lowest BCUT2D eigenvalue weighted by Crippen LogP contribution is -2.44. The van der Waals surface area contributed by atoms with Crippen LogP contribution in [-0.4, -0.2) is 36.7 Å². The molecule has 1 amide bonds. The summed E-state index contributed by atoms with van der Waals surface area (Å²) in [6.07, 6.45) is 0.475. The van der Waals surface area contributed by atoms with Gasteiger partial charge in [0.15, 0.2) is 0 Å². The van der Waals surface area contributed by atoms with Crippen LogP contribution in [0.1, 0.15) is 29.9 Å². The molecule has 2 aliphatic rings. The number of fused-ring (bicyclic) bond motifs is 3. The van der Waals surface area contributed by atoms with E-state index in [4.69, 9.17) is 4.74 Å². The maximum absolute atomic E-state index is 12.4. The summed E-state index contributed by atoms with van der Waals surface area (Å²) < 4.78 is 5.60. The van der Waals surface area contributed by atoms with E-state index in [1.54, 1.807) is 4.90 Å². The highest BCUT2D eigenvalue weighted by atomic mass is 16.6. The second-order valence-electron chi connectivity index (χ2n) is 6.88. The maximum Gasteiger partial charge on any atom is 0.409 e. The van der Waals surface area contributed by atoms with Crippen LogP contribution >= 0.6 is 0 Å². The van der Waals surface area contributed by atoms with Crippen LogP contribution < -0.4 is 5.11 Å². The van der Waals surface area contributed by atoms with Crippen molar-refractivity contribution in [1.82, 2.24) is 4.90 Å². The highest BCUT2D eigenvalue weighted by molar-refractivity contribution is 5.79. The number of carboxylic acid groups (broad SMARTS) is 1. The average Bonchev–Trinajstić information content (AvgIpc) is 3.00. The number of nitrogens with zero attached hydrogens (tertiary/aromatic N) is 1. The summed E-state index contributed by atoms with van der Waals surface area (Å²) in [4.78, 5) is 24.9. The maximum atomic E-state index is 12.4. The van der Waals surface area contributed by atoms with Gasteiger partial charge in [-0.05, 0) is 35.1 Å². The summed E-state index contributed by atoms with van der Waals surface area (Å²) in [5.41, 5.74) is 4.74. The van der Waals surface area contributed by atoms with Gasteiger partial charge in [-0.3, -0.25) is 0 Å². The Labute approximate surface area is 152 Å². The van der Waals surface area contributed by atoms with Crippen LogP contribution in [0, 0.1) is 5.92 Å². The zero-order valence-corrected chi connectivity index (χ0v) is 14.4. The predicted molar refractivity (Wildman–Crippen MR) is 94.4 cm³/mol. The summed E-state index contributed by atoms with van der Waals surface area (Å²) in [6.45, 7) is 1.08. The van der Waals surface area contributed by atoms with E-state index in [1.165, 1.54) is 22.3 Å². The van der Waals surface area contributed by atoms with Crippen molar-refractivity contribution in [2.75, 3.05) is 19.7 Å². The van der Waals surface area contributed by atoms with Gasteiger partial charge >= 0.3 is 6.09 Å². The SMILES string of the molecule is O=C([O-])C1CCN(C(=O)OCC2c3ccccc3-c3ccccc32)CC1. The van der Waals surface area contributed by atoms with Crippen molar-refractivity contribution in [2.24, 2.45) is 5.92 Å². The van der Waals surface area contributed by atoms with Gasteiger partial charge < -0.3 is 19.5 Å². The standard InChI is InChI=1S/C21H21NO4/c23-20(24)14-9-11-22(12-10-14)21(25)26-13-19-17-7-3-1-5-15(17)16-6-2-4-8-18(16)19/h1-8,14,19H,9-13H2,(H,23,24)/p-1. The van der Waals surface area contributed by atoms with E-state index in [2.05, 4.69) is 24.3 Å². The first kappa shape index (κ1) is 16.6. The van der Waals surface area contributed by atoms with Crippen molar-refractivity contribution in [3.8, 4) is 11.1 Å².